The lowest BCUT2D eigenvalue weighted by Gasteiger charge is -2.42. The quantitative estimate of drug-likeness (QED) is 0.353. The fourth-order valence-electron chi connectivity index (χ4n) is 3.08. The molecule has 14 heteroatoms. The average Bonchev–Trinajstić information content (AvgIpc) is 2.65. The first-order valence-electron chi connectivity index (χ1n) is 10.5. The summed E-state index contributed by atoms with van der Waals surface area (Å²) in [5, 5.41) is 0. The van der Waals surface area contributed by atoms with Crippen molar-refractivity contribution in [2.75, 3.05) is 19.6 Å². The van der Waals surface area contributed by atoms with E-state index < -0.39 is 50.8 Å². The molecule has 1 aromatic carbocycles. The number of nitrogens with zero attached hydrogens (tertiary/aromatic N) is 2. The highest BCUT2D eigenvalue weighted by Gasteiger charge is 2.48. The molecule has 9 nitrogen and oxygen atoms in total. The van der Waals surface area contributed by atoms with Crippen molar-refractivity contribution in [3.8, 4) is 5.75 Å². The van der Waals surface area contributed by atoms with Gasteiger partial charge in [0.15, 0.2) is 0 Å². The summed E-state index contributed by atoms with van der Waals surface area (Å²) < 4.78 is 76.9. The summed E-state index contributed by atoms with van der Waals surface area (Å²) in [6.45, 7) is 10.1. The van der Waals surface area contributed by atoms with Crippen molar-refractivity contribution in [2.24, 2.45) is 0 Å². The van der Waals surface area contributed by atoms with E-state index in [4.69, 9.17) is 9.47 Å². The van der Waals surface area contributed by atoms with E-state index in [-0.39, 0.29) is 25.2 Å². The van der Waals surface area contributed by atoms with Gasteiger partial charge in [0.2, 0.25) is 0 Å². The summed E-state index contributed by atoms with van der Waals surface area (Å²) in [4.78, 5) is 28.3. The third kappa shape index (κ3) is 7.89. The molecule has 2 amide bonds. The molecule has 1 aromatic rings. The Labute approximate surface area is 210 Å². The van der Waals surface area contributed by atoms with Crippen molar-refractivity contribution >= 4 is 38.2 Å². The molecule has 1 aliphatic rings. The number of ether oxygens (including phenoxy) is 2. The van der Waals surface area contributed by atoms with Crippen LogP contribution in [0.2, 0.25) is 0 Å². The van der Waals surface area contributed by atoms with Crippen LogP contribution in [0, 0.1) is 0 Å². The maximum absolute atomic E-state index is 12.9. The highest BCUT2D eigenvalue weighted by atomic mass is 79.9. The summed E-state index contributed by atoms with van der Waals surface area (Å²) in [5.74, 6) is -0.612. The van der Waals surface area contributed by atoms with Gasteiger partial charge in [0.25, 0.3) is 0 Å². The number of carbonyl (C=O) groups excluding carboxylic acids is 2. The summed E-state index contributed by atoms with van der Waals surface area (Å²) in [5.41, 5.74) is -7.04. The summed E-state index contributed by atoms with van der Waals surface area (Å²) >= 11 is 3.29. The standard InChI is InChI=1S/C21H28BrF3N2O7S/c1-19(2,3)32-17(28)26-9-10-27(18(29)33-20(4,5)6)16(12-26)14-11-13(7-8-15(14)22)34-35(30,31)21(23,24)25/h7-8,11,16H,9-10,12H2,1-6H3. The Balaban J connectivity index is 2.47. The van der Waals surface area contributed by atoms with E-state index in [1.165, 1.54) is 15.9 Å². The van der Waals surface area contributed by atoms with Crippen molar-refractivity contribution in [3.63, 3.8) is 0 Å². The van der Waals surface area contributed by atoms with Crippen molar-refractivity contribution in [1.29, 1.82) is 0 Å². The lowest BCUT2D eigenvalue weighted by atomic mass is 10.0. The molecule has 1 heterocycles. The monoisotopic (exact) mass is 588 g/mol. The number of hydrogen-bond acceptors (Lipinski definition) is 7. The second-order valence-electron chi connectivity index (χ2n) is 9.78. The number of piperazine rings is 1. The Morgan fingerprint density at radius 2 is 1.51 bits per heavy atom. The van der Waals surface area contributed by atoms with Crippen LogP contribution >= 0.6 is 15.9 Å². The Bertz CT molecular complexity index is 1070. The molecular weight excluding hydrogens is 561 g/mol. The summed E-state index contributed by atoms with van der Waals surface area (Å²) in [6.07, 6.45) is -1.36. The zero-order chi connectivity index (χ0) is 27.0. The van der Waals surface area contributed by atoms with Crippen LogP contribution in [-0.2, 0) is 19.6 Å². The molecule has 0 aliphatic carbocycles. The third-order valence-corrected chi connectivity index (χ3v) is 6.18. The Hall–Kier alpha value is -2.22. The van der Waals surface area contributed by atoms with E-state index in [2.05, 4.69) is 20.1 Å². The van der Waals surface area contributed by atoms with Gasteiger partial charge in [-0.1, -0.05) is 15.9 Å². The van der Waals surface area contributed by atoms with Crippen LogP contribution < -0.4 is 4.18 Å². The van der Waals surface area contributed by atoms with E-state index in [0.29, 0.717) is 4.47 Å². The molecule has 1 unspecified atom stereocenters. The van der Waals surface area contributed by atoms with E-state index in [1.807, 2.05) is 0 Å². The normalized spacial score (nSPS) is 17.7. The predicted molar refractivity (Wildman–Crippen MR) is 123 cm³/mol. The van der Waals surface area contributed by atoms with E-state index in [1.54, 1.807) is 41.5 Å². The van der Waals surface area contributed by atoms with Gasteiger partial charge in [0.1, 0.15) is 17.0 Å². The second kappa shape index (κ2) is 10.0. The molecule has 0 bridgehead atoms. The van der Waals surface area contributed by atoms with Crippen LogP contribution in [0.4, 0.5) is 22.8 Å². The van der Waals surface area contributed by atoms with Gasteiger partial charge in [-0.15, -0.1) is 0 Å². The minimum absolute atomic E-state index is 0.0250. The van der Waals surface area contributed by atoms with Crippen LogP contribution in [0.5, 0.6) is 5.75 Å². The molecular formula is C21H28BrF3N2O7S. The minimum atomic E-state index is -5.91. The number of amides is 2. The average molecular weight is 589 g/mol. The first-order valence-corrected chi connectivity index (χ1v) is 12.7. The van der Waals surface area contributed by atoms with Gasteiger partial charge in [0, 0.05) is 24.1 Å². The molecule has 1 fully saturated rings. The van der Waals surface area contributed by atoms with Crippen LogP contribution in [0.1, 0.15) is 53.1 Å². The number of benzene rings is 1. The number of hydrogen-bond donors (Lipinski definition) is 0. The molecule has 0 spiro atoms. The number of halogens is 4. The smallest absolute Gasteiger partial charge is 0.444 e. The molecule has 198 valence electrons. The van der Waals surface area contributed by atoms with Gasteiger partial charge in [-0.3, -0.25) is 4.90 Å². The predicted octanol–water partition coefficient (Wildman–Crippen LogP) is 5.21. The van der Waals surface area contributed by atoms with Crippen molar-refractivity contribution in [2.45, 2.75) is 64.3 Å². The summed E-state index contributed by atoms with van der Waals surface area (Å²) in [7, 11) is -5.91. The Kier molecular flexibility index (Phi) is 8.32. The lowest BCUT2D eigenvalue weighted by molar-refractivity contribution is -0.0500. The molecule has 1 atom stereocenters. The zero-order valence-electron chi connectivity index (χ0n) is 20.1. The molecule has 0 aromatic heterocycles. The largest absolute Gasteiger partial charge is 0.534 e. The molecule has 1 aliphatic heterocycles. The van der Waals surface area contributed by atoms with Gasteiger partial charge in [-0.2, -0.15) is 21.6 Å². The van der Waals surface area contributed by atoms with Crippen LogP contribution in [-0.4, -0.2) is 66.7 Å². The van der Waals surface area contributed by atoms with Gasteiger partial charge in [0.05, 0.1) is 6.04 Å². The Morgan fingerprint density at radius 3 is 2.03 bits per heavy atom. The van der Waals surface area contributed by atoms with Crippen LogP contribution in [0.15, 0.2) is 22.7 Å². The van der Waals surface area contributed by atoms with E-state index in [0.717, 1.165) is 12.1 Å². The van der Waals surface area contributed by atoms with Gasteiger partial charge >= 0.3 is 27.8 Å². The summed E-state index contributed by atoms with van der Waals surface area (Å²) in [6, 6.07) is 2.46. The molecule has 35 heavy (non-hydrogen) atoms. The number of rotatable bonds is 3. The lowest BCUT2D eigenvalue weighted by Crippen LogP contribution is -2.54. The fourth-order valence-corrected chi connectivity index (χ4v) is 4.05. The van der Waals surface area contributed by atoms with Crippen molar-refractivity contribution in [3.05, 3.63) is 28.2 Å². The molecule has 0 saturated carbocycles. The highest BCUT2D eigenvalue weighted by Crippen LogP contribution is 2.36. The topological polar surface area (TPSA) is 102 Å². The third-order valence-electron chi connectivity index (χ3n) is 4.48. The maximum Gasteiger partial charge on any atom is 0.534 e. The SMILES string of the molecule is CC(C)(C)OC(=O)N1CCN(C(=O)OC(C)(C)C)C(c2cc(OS(=O)(=O)C(F)(F)F)ccc2Br)C1. The van der Waals surface area contributed by atoms with E-state index in [9.17, 15) is 31.2 Å². The number of alkyl halides is 3. The minimum Gasteiger partial charge on any atom is -0.444 e. The fraction of sp³-hybridized carbons (Fsp3) is 0.619. The molecule has 0 radical (unpaired) electrons. The van der Waals surface area contributed by atoms with Crippen molar-refractivity contribution in [1.82, 2.24) is 9.80 Å². The highest BCUT2D eigenvalue weighted by molar-refractivity contribution is 9.10. The first kappa shape index (κ1) is 29.0. The van der Waals surface area contributed by atoms with Gasteiger partial charge in [-0.25, -0.2) is 9.59 Å². The van der Waals surface area contributed by atoms with Gasteiger partial charge < -0.3 is 18.6 Å². The van der Waals surface area contributed by atoms with Crippen LogP contribution in [0.25, 0.3) is 0 Å². The first-order chi connectivity index (χ1) is 15.7. The Morgan fingerprint density at radius 1 is 0.971 bits per heavy atom. The molecule has 1 saturated heterocycles. The van der Waals surface area contributed by atoms with Gasteiger partial charge in [-0.05, 0) is 65.3 Å². The van der Waals surface area contributed by atoms with E-state index >= 15 is 0 Å². The van der Waals surface area contributed by atoms with Crippen LogP contribution in [0.3, 0.4) is 0 Å². The second-order valence-corrected chi connectivity index (χ2v) is 12.2. The van der Waals surface area contributed by atoms with Crippen molar-refractivity contribution < 1.29 is 44.8 Å². The zero-order valence-corrected chi connectivity index (χ0v) is 22.5. The molecule has 2 rings (SSSR count). The maximum atomic E-state index is 12.9. The number of carbonyl (C=O) groups is 2. The molecule has 0 N–H and O–H groups in total.